The Hall–Kier alpha value is -1.25. The van der Waals surface area contributed by atoms with E-state index in [9.17, 15) is 0 Å². The van der Waals surface area contributed by atoms with Crippen molar-refractivity contribution in [2.45, 2.75) is 13.0 Å². The van der Waals surface area contributed by atoms with Gasteiger partial charge < -0.3 is 0 Å². The predicted octanol–water partition coefficient (Wildman–Crippen LogP) is 0.603. The fourth-order valence-electron chi connectivity index (χ4n) is 1.01. The zero-order chi connectivity index (χ0) is 6.81. The van der Waals surface area contributed by atoms with E-state index < -0.39 is 0 Å². The van der Waals surface area contributed by atoms with Crippen LogP contribution in [0.5, 0.6) is 0 Å². The third-order valence-corrected chi connectivity index (χ3v) is 1.56. The number of hydrogen-bond acceptors (Lipinski definition) is 3. The Morgan fingerprint density at radius 1 is 1.40 bits per heavy atom. The lowest BCUT2D eigenvalue weighted by atomic mass is 10.1. The maximum Gasteiger partial charge on any atom is 0.115 e. The summed E-state index contributed by atoms with van der Waals surface area (Å²) in [4.78, 5) is 12.1. The Labute approximate surface area is 58.9 Å². The van der Waals surface area contributed by atoms with Crippen molar-refractivity contribution < 1.29 is 0 Å². The molecule has 1 aromatic heterocycles. The SMILES string of the molecule is C1=NCc2cncnc2C1. The van der Waals surface area contributed by atoms with Crippen LogP contribution in [0.2, 0.25) is 0 Å². The average molecular weight is 133 g/mol. The van der Waals surface area contributed by atoms with E-state index in [-0.39, 0.29) is 0 Å². The fourth-order valence-corrected chi connectivity index (χ4v) is 1.01. The monoisotopic (exact) mass is 133 g/mol. The summed E-state index contributed by atoms with van der Waals surface area (Å²) in [5, 5.41) is 0. The molecule has 0 spiro atoms. The highest BCUT2D eigenvalue weighted by molar-refractivity contribution is 5.63. The molecule has 50 valence electrons. The summed E-state index contributed by atoms with van der Waals surface area (Å²) in [7, 11) is 0. The summed E-state index contributed by atoms with van der Waals surface area (Å²) in [6.45, 7) is 0.746. The molecule has 0 bridgehead atoms. The molecule has 3 nitrogen and oxygen atoms in total. The van der Waals surface area contributed by atoms with E-state index >= 15 is 0 Å². The highest BCUT2D eigenvalue weighted by Gasteiger charge is 2.04. The molecular weight excluding hydrogens is 126 g/mol. The molecule has 0 saturated carbocycles. The van der Waals surface area contributed by atoms with Gasteiger partial charge in [0.2, 0.25) is 0 Å². The Kier molecular flexibility index (Phi) is 1.20. The molecule has 3 heteroatoms. The van der Waals surface area contributed by atoms with Gasteiger partial charge in [-0.25, -0.2) is 9.97 Å². The summed E-state index contributed by atoms with van der Waals surface area (Å²) in [5.41, 5.74) is 2.27. The van der Waals surface area contributed by atoms with Crippen LogP contribution in [0, 0.1) is 0 Å². The number of hydrogen-bond donors (Lipinski definition) is 0. The fraction of sp³-hybridized carbons (Fsp3) is 0.286. The number of fused-ring (bicyclic) bond motifs is 1. The molecule has 1 aliphatic heterocycles. The lowest BCUT2D eigenvalue weighted by Gasteiger charge is -2.06. The van der Waals surface area contributed by atoms with Crippen LogP contribution in [0.1, 0.15) is 11.3 Å². The number of aliphatic imine (C=N–C) groups is 1. The van der Waals surface area contributed by atoms with Crippen molar-refractivity contribution in [2.24, 2.45) is 4.99 Å². The first-order valence-corrected chi connectivity index (χ1v) is 3.23. The topological polar surface area (TPSA) is 38.1 Å². The molecule has 1 aromatic rings. The second-order valence-corrected chi connectivity index (χ2v) is 2.22. The first-order chi connectivity index (χ1) is 4.97. The third-order valence-electron chi connectivity index (χ3n) is 1.56. The summed E-state index contributed by atoms with van der Waals surface area (Å²) in [5.74, 6) is 0. The van der Waals surface area contributed by atoms with Gasteiger partial charge in [0.05, 0.1) is 12.2 Å². The highest BCUT2D eigenvalue weighted by atomic mass is 14.9. The Morgan fingerprint density at radius 3 is 3.30 bits per heavy atom. The van der Waals surface area contributed by atoms with Crippen LogP contribution in [0.4, 0.5) is 0 Å². The molecule has 2 rings (SSSR count). The van der Waals surface area contributed by atoms with Gasteiger partial charge in [0, 0.05) is 24.4 Å². The van der Waals surface area contributed by atoms with Gasteiger partial charge in [0.15, 0.2) is 0 Å². The summed E-state index contributed by atoms with van der Waals surface area (Å²) >= 11 is 0. The summed E-state index contributed by atoms with van der Waals surface area (Å²) < 4.78 is 0. The quantitative estimate of drug-likeness (QED) is 0.520. The molecule has 2 heterocycles. The van der Waals surface area contributed by atoms with Crippen molar-refractivity contribution in [1.82, 2.24) is 9.97 Å². The number of rotatable bonds is 0. The maximum atomic E-state index is 4.12. The van der Waals surface area contributed by atoms with Crippen LogP contribution >= 0.6 is 0 Å². The highest BCUT2D eigenvalue weighted by Crippen LogP contribution is 2.08. The maximum absolute atomic E-state index is 4.12. The van der Waals surface area contributed by atoms with Crippen LogP contribution in [-0.2, 0) is 13.0 Å². The van der Waals surface area contributed by atoms with Gasteiger partial charge in [0.25, 0.3) is 0 Å². The zero-order valence-electron chi connectivity index (χ0n) is 5.49. The molecule has 0 unspecified atom stereocenters. The molecule has 0 aromatic carbocycles. The molecule has 0 atom stereocenters. The lowest BCUT2D eigenvalue weighted by molar-refractivity contribution is 0.924. The smallest absolute Gasteiger partial charge is 0.115 e. The molecule has 0 radical (unpaired) electrons. The lowest BCUT2D eigenvalue weighted by Crippen LogP contribution is -2.03. The molecule has 0 saturated heterocycles. The minimum Gasteiger partial charge on any atom is -0.292 e. The van der Waals surface area contributed by atoms with Crippen molar-refractivity contribution in [3.05, 3.63) is 23.8 Å². The second kappa shape index (κ2) is 2.17. The summed E-state index contributed by atoms with van der Waals surface area (Å²) in [6.07, 6.45) is 6.17. The molecule has 0 amide bonds. The Morgan fingerprint density at radius 2 is 2.40 bits per heavy atom. The molecule has 0 N–H and O–H groups in total. The van der Waals surface area contributed by atoms with Gasteiger partial charge in [-0.05, 0) is 0 Å². The van der Waals surface area contributed by atoms with E-state index in [1.54, 1.807) is 6.33 Å². The Bertz CT molecular complexity index is 240. The van der Waals surface area contributed by atoms with Crippen LogP contribution in [0.3, 0.4) is 0 Å². The zero-order valence-corrected chi connectivity index (χ0v) is 5.49. The van der Waals surface area contributed by atoms with E-state index in [4.69, 9.17) is 0 Å². The van der Waals surface area contributed by atoms with Crippen molar-refractivity contribution >= 4 is 6.21 Å². The second-order valence-electron chi connectivity index (χ2n) is 2.22. The third kappa shape index (κ3) is 0.795. The van der Waals surface area contributed by atoms with Gasteiger partial charge in [0.1, 0.15) is 6.33 Å². The van der Waals surface area contributed by atoms with Crippen LogP contribution in [-0.4, -0.2) is 16.2 Å². The minimum atomic E-state index is 0.746. The largest absolute Gasteiger partial charge is 0.292 e. The van der Waals surface area contributed by atoms with E-state index in [2.05, 4.69) is 15.0 Å². The van der Waals surface area contributed by atoms with Gasteiger partial charge in [-0.3, -0.25) is 4.99 Å². The van der Waals surface area contributed by atoms with Crippen LogP contribution in [0.15, 0.2) is 17.5 Å². The van der Waals surface area contributed by atoms with Crippen LogP contribution in [0.25, 0.3) is 0 Å². The van der Waals surface area contributed by atoms with Gasteiger partial charge in [-0.15, -0.1) is 0 Å². The molecule has 1 aliphatic rings. The number of nitrogens with zero attached hydrogens (tertiary/aromatic N) is 3. The predicted molar refractivity (Wildman–Crippen MR) is 37.9 cm³/mol. The first kappa shape index (κ1) is 5.53. The number of aromatic nitrogens is 2. The van der Waals surface area contributed by atoms with Crippen molar-refractivity contribution in [3.63, 3.8) is 0 Å². The average Bonchev–Trinajstić information content (AvgIpc) is 2.05. The molecular formula is C7H7N3. The molecule has 0 fully saturated rings. The standard InChI is InChI=1S/C7H7N3/c1-2-8-3-6-4-9-5-10-7(1)6/h2,4-5H,1,3H2. The normalized spacial score (nSPS) is 14.8. The van der Waals surface area contributed by atoms with Crippen LogP contribution < -0.4 is 0 Å². The summed E-state index contributed by atoms with van der Waals surface area (Å²) in [6, 6.07) is 0. The van der Waals surface area contributed by atoms with Gasteiger partial charge in [-0.2, -0.15) is 0 Å². The molecule has 10 heavy (non-hydrogen) atoms. The first-order valence-electron chi connectivity index (χ1n) is 3.23. The Balaban J connectivity index is 2.47. The van der Waals surface area contributed by atoms with Crippen molar-refractivity contribution in [3.8, 4) is 0 Å². The van der Waals surface area contributed by atoms with Gasteiger partial charge >= 0.3 is 0 Å². The van der Waals surface area contributed by atoms with E-state index in [0.717, 1.165) is 24.2 Å². The molecule has 0 aliphatic carbocycles. The van der Waals surface area contributed by atoms with E-state index in [1.807, 2.05) is 12.4 Å². The van der Waals surface area contributed by atoms with Crippen molar-refractivity contribution in [1.29, 1.82) is 0 Å². The van der Waals surface area contributed by atoms with E-state index in [1.165, 1.54) is 0 Å². The van der Waals surface area contributed by atoms with Crippen molar-refractivity contribution in [2.75, 3.05) is 0 Å². The minimum absolute atomic E-state index is 0.746. The van der Waals surface area contributed by atoms with E-state index in [0.29, 0.717) is 0 Å². The van der Waals surface area contributed by atoms with Gasteiger partial charge in [-0.1, -0.05) is 0 Å².